The molecular formula is C10H13N3S. The quantitative estimate of drug-likeness (QED) is 0.794. The summed E-state index contributed by atoms with van der Waals surface area (Å²) in [5, 5.41) is 0.999. The Morgan fingerprint density at radius 2 is 2.36 bits per heavy atom. The molecule has 0 saturated carbocycles. The molecule has 0 aromatic carbocycles. The topological polar surface area (TPSA) is 54.7 Å². The fourth-order valence-corrected chi connectivity index (χ4v) is 2.25. The van der Waals surface area contributed by atoms with Gasteiger partial charge in [0.1, 0.15) is 5.01 Å². The van der Waals surface area contributed by atoms with Gasteiger partial charge in [0.2, 0.25) is 0 Å². The second-order valence-corrected chi connectivity index (χ2v) is 4.58. The number of aromatic nitrogens is 2. The third kappa shape index (κ3) is 1.58. The van der Waals surface area contributed by atoms with Crippen LogP contribution in [0.3, 0.4) is 0 Å². The van der Waals surface area contributed by atoms with Crippen molar-refractivity contribution in [3.8, 4) is 11.3 Å². The number of thiazole rings is 1. The highest BCUT2D eigenvalue weighted by molar-refractivity contribution is 7.12. The van der Waals surface area contributed by atoms with E-state index in [0.29, 0.717) is 0 Å². The normalized spacial score (nSPS) is 13.1. The Kier molecular flexibility index (Phi) is 2.39. The van der Waals surface area contributed by atoms with Crippen molar-refractivity contribution in [3.63, 3.8) is 0 Å². The summed E-state index contributed by atoms with van der Waals surface area (Å²) in [5.41, 5.74) is 7.96. The van der Waals surface area contributed by atoms with Crippen LogP contribution < -0.4 is 5.73 Å². The van der Waals surface area contributed by atoms with Crippen LogP contribution in [0.2, 0.25) is 0 Å². The third-order valence-electron chi connectivity index (χ3n) is 2.07. The predicted octanol–water partition coefficient (Wildman–Crippen LogP) is 2.47. The van der Waals surface area contributed by atoms with Crippen LogP contribution in [0.4, 0.5) is 0 Å². The molecule has 1 unspecified atom stereocenters. The van der Waals surface area contributed by atoms with Crippen LogP contribution in [-0.4, -0.2) is 9.97 Å². The average Bonchev–Trinajstić information content (AvgIpc) is 2.71. The van der Waals surface area contributed by atoms with Crippen LogP contribution in [0.5, 0.6) is 0 Å². The van der Waals surface area contributed by atoms with Gasteiger partial charge in [-0.3, -0.25) is 0 Å². The smallest absolute Gasteiger partial charge is 0.110 e. The molecule has 0 spiro atoms. The summed E-state index contributed by atoms with van der Waals surface area (Å²) in [6.45, 7) is 4.03. The Labute approximate surface area is 87.0 Å². The second-order valence-electron chi connectivity index (χ2n) is 3.35. The molecule has 2 heterocycles. The molecule has 2 aromatic heterocycles. The highest BCUT2D eigenvalue weighted by Gasteiger charge is 2.11. The number of nitrogens with one attached hydrogen (secondary N) is 1. The summed E-state index contributed by atoms with van der Waals surface area (Å²) in [7, 11) is 0. The molecule has 3 N–H and O–H groups in total. The molecule has 14 heavy (non-hydrogen) atoms. The van der Waals surface area contributed by atoms with Crippen LogP contribution in [-0.2, 0) is 0 Å². The molecule has 0 aliphatic heterocycles. The first-order valence-electron chi connectivity index (χ1n) is 4.54. The molecule has 1 atom stereocenters. The molecule has 0 saturated heterocycles. The number of rotatable bonds is 2. The lowest BCUT2D eigenvalue weighted by molar-refractivity contribution is 0.808. The zero-order valence-electron chi connectivity index (χ0n) is 8.24. The molecule has 4 heteroatoms. The summed E-state index contributed by atoms with van der Waals surface area (Å²) in [6, 6.07) is 2.04. The number of nitrogens with two attached hydrogens (primary N) is 1. The number of hydrogen-bond donors (Lipinski definition) is 2. The fourth-order valence-electron chi connectivity index (χ4n) is 1.35. The van der Waals surface area contributed by atoms with Gasteiger partial charge in [-0.1, -0.05) is 0 Å². The lowest BCUT2D eigenvalue weighted by atomic mass is 10.2. The van der Waals surface area contributed by atoms with E-state index in [1.807, 2.05) is 25.4 Å². The van der Waals surface area contributed by atoms with Crippen LogP contribution in [0.15, 0.2) is 18.5 Å². The molecule has 2 rings (SSSR count). The maximum absolute atomic E-state index is 5.79. The van der Waals surface area contributed by atoms with E-state index in [0.717, 1.165) is 16.3 Å². The maximum atomic E-state index is 5.79. The molecule has 74 valence electrons. The van der Waals surface area contributed by atoms with Gasteiger partial charge in [-0.15, -0.1) is 11.3 Å². The Morgan fingerprint density at radius 3 is 2.86 bits per heavy atom. The molecule has 0 amide bonds. The van der Waals surface area contributed by atoms with Gasteiger partial charge >= 0.3 is 0 Å². The van der Waals surface area contributed by atoms with E-state index in [-0.39, 0.29) is 6.04 Å². The van der Waals surface area contributed by atoms with Gasteiger partial charge in [0, 0.05) is 22.8 Å². The molecule has 0 aliphatic rings. The summed E-state index contributed by atoms with van der Waals surface area (Å²) in [4.78, 5) is 8.77. The number of hydrogen-bond acceptors (Lipinski definition) is 3. The highest BCUT2D eigenvalue weighted by atomic mass is 32.1. The molecular weight excluding hydrogens is 194 g/mol. The lowest BCUT2D eigenvalue weighted by Crippen LogP contribution is -2.03. The number of aryl methyl sites for hydroxylation is 1. The Bertz CT molecular complexity index is 415. The van der Waals surface area contributed by atoms with Crippen molar-refractivity contribution in [1.29, 1.82) is 0 Å². The van der Waals surface area contributed by atoms with Crippen molar-refractivity contribution in [2.24, 2.45) is 5.73 Å². The first kappa shape index (κ1) is 9.43. The van der Waals surface area contributed by atoms with Crippen LogP contribution in [0, 0.1) is 6.92 Å². The van der Waals surface area contributed by atoms with Crippen LogP contribution in [0.25, 0.3) is 11.3 Å². The average molecular weight is 207 g/mol. The number of aromatic amines is 1. The van der Waals surface area contributed by atoms with E-state index in [4.69, 9.17) is 5.73 Å². The lowest BCUT2D eigenvalue weighted by Gasteiger charge is -1.96. The Balaban J connectivity index is 2.45. The summed E-state index contributed by atoms with van der Waals surface area (Å²) >= 11 is 1.67. The largest absolute Gasteiger partial charge is 0.367 e. The Hall–Kier alpha value is -1.13. The molecule has 0 bridgehead atoms. The van der Waals surface area contributed by atoms with Crippen molar-refractivity contribution < 1.29 is 0 Å². The first-order chi connectivity index (χ1) is 6.68. The van der Waals surface area contributed by atoms with Crippen molar-refractivity contribution in [2.45, 2.75) is 19.9 Å². The van der Waals surface area contributed by atoms with Gasteiger partial charge < -0.3 is 10.7 Å². The van der Waals surface area contributed by atoms with Crippen molar-refractivity contribution >= 4 is 11.3 Å². The van der Waals surface area contributed by atoms with Gasteiger partial charge in [0.15, 0.2) is 0 Å². The van der Waals surface area contributed by atoms with E-state index in [1.54, 1.807) is 11.3 Å². The number of nitrogens with zero attached hydrogens (tertiary/aromatic N) is 1. The van der Waals surface area contributed by atoms with Crippen molar-refractivity contribution in [2.75, 3.05) is 0 Å². The SMILES string of the molecule is Cc1sc(C(C)N)nc1-c1cc[nH]c1. The van der Waals surface area contributed by atoms with Crippen molar-refractivity contribution in [3.05, 3.63) is 28.3 Å². The van der Waals surface area contributed by atoms with Gasteiger partial charge in [-0.05, 0) is 19.9 Å². The van der Waals surface area contributed by atoms with Crippen LogP contribution in [0.1, 0.15) is 22.9 Å². The van der Waals surface area contributed by atoms with E-state index in [2.05, 4.69) is 16.9 Å². The minimum atomic E-state index is 0.0198. The number of H-pyrrole nitrogens is 1. The fraction of sp³-hybridized carbons (Fsp3) is 0.300. The Morgan fingerprint density at radius 1 is 1.57 bits per heavy atom. The predicted molar refractivity (Wildman–Crippen MR) is 59.2 cm³/mol. The maximum Gasteiger partial charge on any atom is 0.110 e. The van der Waals surface area contributed by atoms with E-state index < -0.39 is 0 Å². The highest BCUT2D eigenvalue weighted by Crippen LogP contribution is 2.29. The molecule has 2 aromatic rings. The zero-order valence-corrected chi connectivity index (χ0v) is 9.06. The summed E-state index contributed by atoms with van der Waals surface area (Å²) in [5.74, 6) is 0. The third-order valence-corrected chi connectivity index (χ3v) is 3.25. The van der Waals surface area contributed by atoms with Gasteiger partial charge in [-0.25, -0.2) is 4.98 Å². The van der Waals surface area contributed by atoms with Gasteiger partial charge in [-0.2, -0.15) is 0 Å². The standard InChI is InChI=1S/C10H13N3S/c1-6(11)10-13-9(7(2)14-10)8-3-4-12-5-8/h3-6,12H,11H2,1-2H3. The van der Waals surface area contributed by atoms with Gasteiger partial charge in [0.05, 0.1) is 11.7 Å². The minimum Gasteiger partial charge on any atom is -0.367 e. The molecule has 0 aliphatic carbocycles. The molecule has 0 fully saturated rings. The summed E-state index contributed by atoms with van der Waals surface area (Å²) < 4.78 is 0. The monoisotopic (exact) mass is 207 g/mol. The molecule has 3 nitrogen and oxygen atoms in total. The van der Waals surface area contributed by atoms with Gasteiger partial charge in [0.25, 0.3) is 0 Å². The molecule has 0 radical (unpaired) electrons. The zero-order chi connectivity index (χ0) is 10.1. The van der Waals surface area contributed by atoms with Crippen LogP contribution >= 0.6 is 11.3 Å². The second kappa shape index (κ2) is 3.55. The van der Waals surface area contributed by atoms with Crippen molar-refractivity contribution in [1.82, 2.24) is 9.97 Å². The van der Waals surface area contributed by atoms with E-state index in [9.17, 15) is 0 Å². The van der Waals surface area contributed by atoms with E-state index in [1.165, 1.54) is 4.88 Å². The van der Waals surface area contributed by atoms with E-state index >= 15 is 0 Å². The minimum absolute atomic E-state index is 0.0198. The first-order valence-corrected chi connectivity index (χ1v) is 5.36. The summed E-state index contributed by atoms with van der Waals surface area (Å²) in [6.07, 6.45) is 3.85.